The first-order valence-electron chi connectivity index (χ1n) is 10.2. The van der Waals surface area contributed by atoms with Gasteiger partial charge >= 0.3 is 0 Å². The molecule has 30 heavy (non-hydrogen) atoms. The Balaban J connectivity index is 1.40. The van der Waals surface area contributed by atoms with E-state index in [9.17, 15) is 4.79 Å². The van der Waals surface area contributed by atoms with Crippen LogP contribution in [0.1, 0.15) is 23.2 Å². The van der Waals surface area contributed by atoms with Gasteiger partial charge in [-0.2, -0.15) is 0 Å². The molecule has 1 amide bonds. The molecule has 3 aliphatic rings. The lowest BCUT2D eigenvalue weighted by Gasteiger charge is -2.21. The maximum Gasteiger partial charge on any atom is 0.243 e. The van der Waals surface area contributed by atoms with Crippen LogP contribution in [0.15, 0.2) is 60.8 Å². The standard InChI is InChI=1S/C24H20N2O4/c27-23-24(17-6-1-2-7-19(17)26-23)14-29-20-13-21-22(12-18(20)24)30-16(8-10-28-21)11-15-5-3-4-9-25-15/h1-7,9,12-13,16H,8,10-11,14H2,(H,26,27). The van der Waals surface area contributed by atoms with Crippen LogP contribution in [0.3, 0.4) is 0 Å². The number of aromatic nitrogens is 1. The van der Waals surface area contributed by atoms with E-state index in [1.54, 1.807) is 6.20 Å². The van der Waals surface area contributed by atoms with Crippen LogP contribution in [-0.4, -0.2) is 30.2 Å². The lowest BCUT2D eigenvalue weighted by molar-refractivity contribution is -0.119. The molecule has 0 radical (unpaired) electrons. The Kier molecular flexibility index (Phi) is 3.75. The second-order valence-corrected chi connectivity index (χ2v) is 7.89. The number of para-hydroxylation sites is 1. The van der Waals surface area contributed by atoms with Crippen molar-refractivity contribution in [2.45, 2.75) is 24.4 Å². The number of amides is 1. The molecule has 2 unspecified atom stereocenters. The quantitative estimate of drug-likeness (QED) is 0.713. The molecular formula is C24H20N2O4. The maximum absolute atomic E-state index is 13.1. The van der Waals surface area contributed by atoms with Gasteiger partial charge in [-0.1, -0.05) is 24.3 Å². The highest BCUT2D eigenvalue weighted by molar-refractivity contribution is 6.09. The summed E-state index contributed by atoms with van der Waals surface area (Å²) in [5.74, 6) is 1.91. The number of rotatable bonds is 2. The molecule has 6 nitrogen and oxygen atoms in total. The molecule has 3 aromatic rings. The smallest absolute Gasteiger partial charge is 0.243 e. The average molecular weight is 400 g/mol. The van der Waals surface area contributed by atoms with Crippen molar-refractivity contribution in [1.29, 1.82) is 0 Å². The predicted octanol–water partition coefficient (Wildman–Crippen LogP) is 3.48. The summed E-state index contributed by atoms with van der Waals surface area (Å²) in [6.45, 7) is 0.823. The zero-order chi connectivity index (χ0) is 20.1. The van der Waals surface area contributed by atoms with Crippen molar-refractivity contribution < 1.29 is 19.0 Å². The molecule has 0 saturated heterocycles. The summed E-state index contributed by atoms with van der Waals surface area (Å²) in [6, 6.07) is 17.4. The topological polar surface area (TPSA) is 69.7 Å². The van der Waals surface area contributed by atoms with E-state index < -0.39 is 5.41 Å². The Morgan fingerprint density at radius 1 is 1.00 bits per heavy atom. The minimum atomic E-state index is -0.854. The first kappa shape index (κ1) is 17.3. The molecule has 4 heterocycles. The molecule has 2 aromatic carbocycles. The van der Waals surface area contributed by atoms with Gasteiger partial charge in [0.2, 0.25) is 5.91 Å². The average Bonchev–Trinajstić information content (AvgIpc) is 3.19. The van der Waals surface area contributed by atoms with Gasteiger partial charge in [0.05, 0.1) is 6.61 Å². The fraction of sp³-hybridized carbons (Fsp3) is 0.250. The zero-order valence-electron chi connectivity index (χ0n) is 16.3. The van der Waals surface area contributed by atoms with Crippen LogP contribution in [0.25, 0.3) is 0 Å². The van der Waals surface area contributed by atoms with E-state index in [1.807, 2.05) is 54.6 Å². The number of fused-ring (bicyclic) bond motifs is 5. The number of ether oxygens (including phenoxy) is 3. The van der Waals surface area contributed by atoms with E-state index in [1.165, 1.54) is 0 Å². The summed E-state index contributed by atoms with van der Waals surface area (Å²) in [4.78, 5) is 17.5. The van der Waals surface area contributed by atoms with Crippen LogP contribution >= 0.6 is 0 Å². The molecule has 2 atom stereocenters. The zero-order valence-corrected chi connectivity index (χ0v) is 16.3. The van der Waals surface area contributed by atoms with Crippen molar-refractivity contribution in [3.05, 3.63) is 77.6 Å². The van der Waals surface area contributed by atoms with Crippen LogP contribution in [0.4, 0.5) is 5.69 Å². The largest absolute Gasteiger partial charge is 0.491 e. The Labute approximate surface area is 173 Å². The van der Waals surface area contributed by atoms with E-state index in [0.717, 1.165) is 28.9 Å². The molecule has 1 aromatic heterocycles. The number of hydrogen-bond acceptors (Lipinski definition) is 5. The fourth-order valence-corrected chi connectivity index (χ4v) is 4.62. The highest BCUT2D eigenvalue weighted by atomic mass is 16.5. The molecule has 6 heteroatoms. The number of nitrogens with one attached hydrogen (secondary N) is 1. The molecule has 0 fully saturated rings. The number of benzene rings is 2. The lowest BCUT2D eigenvalue weighted by Crippen LogP contribution is -2.37. The molecule has 0 aliphatic carbocycles. The van der Waals surface area contributed by atoms with Gasteiger partial charge in [-0.15, -0.1) is 0 Å². The second-order valence-electron chi connectivity index (χ2n) is 7.89. The van der Waals surface area contributed by atoms with Crippen LogP contribution in [-0.2, 0) is 16.6 Å². The SMILES string of the molecule is O=C1Nc2ccccc2C12COc1cc3c(cc12)OC(Cc1ccccn1)CCO3. The number of nitrogens with zero attached hydrogens (tertiary/aromatic N) is 1. The van der Waals surface area contributed by atoms with Gasteiger partial charge in [0.1, 0.15) is 23.9 Å². The normalized spacial score (nSPS) is 23.3. The number of pyridine rings is 1. The van der Waals surface area contributed by atoms with Gasteiger partial charge in [0.25, 0.3) is 0 Å². The minimum Gasteiger partial charge on any atom is -0.491 e. The van der Waals surface area contributed by atoms with Crippen molar-refractivity contribution in [3.63, 3.8) is 0 Å². The van der Waals surface area contributed by atoms with Crippen LogP contribution < -0.4 is 19.5 Å². The van der Waals surface area contributed by atoms with Crippen molar-refractivity contribution in [1.82, 2.24) is 4.98 Å². The Bertz CT molecular complexity index is 1150. The Hall–Kier alpha value is -3.54. The molecule has 0 saturated carbocycles. The van der Waals surface area contributed by atoms with Gasteiger partial charge in [0, 0.05) is 42.0 Å². The van der Waals surface area contributed by atoms with E-state index in [4.69, 9.17) is 14.2 Å². The van der Waals surface area contributed by atoms with Gasteiger partial charge in [-0.25, -0.2) is 0 Å². The minimum absolute atomic E-state index is 0.0536. The van der Waals surface area contributed by atoms with Gasteiger partial charge in [-0.3, -0.25) is 9.78 Å². The number of carbonyl (C=O) groups is 1. The van der Waals surface area contributed by atoms with Crippen LogP contribution in [0.2, 0.25) is 0 Å². The monoisotopic (exact) mass is 400 g/mol. The summed E-state index contributed by atoms with van der Waals surface area (Å²) in [5.41, 5.74) is 2.72. The third-order valence-corrected chi connectivity index (χ3v) is 6.13. The summed E-state index contributed by atoms with van der Waals surface area (Å²) in [7, 11) is 0. The van der Waals surface area contributed by atoms with Gasteiger partial charge in [-0.05, 0) is 29.8 Å². The first-order chi connectivity index (χ1) is 14.7. The van der Waals surface area contributed by atoms with E-state index in [-0.39, 0.29) is 18.6 Å². The molecule has 3 aliphatic heterocycles. The highest BCUT2D eigenvalue weighted by Crippen LogP contribution is 2.53. The molecule has 0 bridgehead atoms. The number of hydrogen-bond donors (Lipinski definition) is 1. The van der Waals surface area contributed by atoms with Crippen molar-refractivity contribution >= 4 is 11.6 Å². The third-order valence-electron chi connectivity index (χ3n) is 6.13. The van der Waals surface area contributed by atoms with Gasteiger partial charge < -0.3 is 19.5 Å². The summed E-state index contributed by atoms with van der Waals surface area (Å²) in [5, 5.41) is 3.01. The van der Waals surface area contributed by atoms with E-state index in [2.05, 4.69) is 10.3 Å². The molecule has 1 N–H and O–H groups in total. The first-order valence-corrected chi connectivity index (χ1v) is 10.2. The Morgan fingerprint density at radius 2 is 1.90 bits per heavy atom. The molecule has 6 rings (SSSR count). The van der Waals surface area contributed by atoms with E-state index in [0.29, 0.717) is 30.3 Å². The maximum atomic E-state index is 13.1. The van der Waals surface area contributed by atoms with Crippen molar-refractivity contribution in [3.8, 4) is 17.2 Å². The van der Waals surface area contributed by atoms with Crippen LogP contribution in [0.5, 0.6) is 17.2 Å². The van der Waals surface area contributed by atoms with Gasteiger partial charge in [0.15, 0.2) is 11.5 Å². The predicted molar refractivity (Wildman–Crippen MR) is 110 cm³/mol. The molecule has 1 spiro atoms. The van der Waals surface area contributed by atoms with E-state index >= 15 is 0 Å². The summed E-state index contributed by atoms with van der Waals surface area (Å²) >= 11 is 0. The van der Waals surface area contributed by atoms with Crippen molar-refractivity contribution in [2.24, 2.45) is 0 Å². The Morgan fingerprint density at radius 3 is 2.80 bits per heavy atom. The third kappa shape index (κ3) is 2.49. The highest BCUT2D eigenvalue weighted by Gasteiger charge is 2.54. The number of carbonyl (C=O) groups excluding carboxylic acids is 1. The lowest BCUT2D eigenvalue weighted by atomic mass is 9.77. The molecular weight excluding hydrogens is 380 g/mol. The second kappa shape index (κ2) is 6.49. The fourth-order valence-electron chi connectivity index (χ4n) is 4.62. The van der Waals surface area contributed by atoms with Crippen LogP contribution in [0, 0.1) is 0 Å². The van der Waals surface area contributed by atoms with Crippen molar-refractivity contribution in [2.75, 3.05) is 18.5 Å². The summed E-state index contributed by atoms with van der Waals surface area (Å²) in [6.07, 6.45) is 3.19. The summed E-state index contributed by atoms with van der Waals surface area (Å²) < 4.78 is 18.3. The number of anilines is 1. The molecule has 150 valence electrons.